The molecule has 0 heterocycles. The number of hydrogen-bond acceptors (Lipinski definition) is 2. The number of rotatable bonds is 3. The van der Waals surface area contributed by atoms with Crippen LogP contribution in [0.15, 0.2) is 18.2 Å². The molecule has 1 saturated carbocycles. The van der Waals surface area contributed by atoms with E-state index in [1.54, 1.807) is 6.07 Å². The summed E-state index contributed by atoms with van der Waals surface area (Å²) in [5.41, 5.74) is 0.882. The van der Waals surface area contributed by atoms with Crippen LogP contribution in [0.1, 0.15) is 38.7 Å². The van der Waals surface area contributed by atoms with E-state index in [4.69, 9.17) is 11.6 Å². The molecule has 0 spiro atoms. The van der Waals surface area contributed by atoms with Crippen molar-refractivity contribution in [1.82, 2.24) is 5.32 Å². The highest BCUT2D eigenvalue weighted by atomic mass is 35.5. The van der Waals surface area contributed by atoms with E-state index in [0.29, 0.717) is 23.5 Å². The van der Waals surface area contributed by atoms with Gasteiger partial charge in [-0.3, -0.25) is 0 Å². The molecule has 1 aromatic rings. The number of phenolic OH excluding ortho intramolecular Hbond substituents is 1. The molecule has 3 heteroatoms. The van der Waals surface area contributed by atoms with E-state index in [-0.39, 0.29) is 5.75 Å². The van der Waals surface area contributed by atoms with Gasteiger partial charge in [-0.25, -0.2) is 0 Å². The summed E-state index contributed by atoms with van der Waals surface area (Å²) in [6, 6.07) is 6.06. The summed E-state index contributed by atoms with van der Waals surface area (Å²) in [6.07, 6.45) is 3.86. The molecule has 0 aromatic heterocycles. The third kappa shape index (κ3) is 2.99. The maximum absolute atomic E-state index is 9.87. The highest BCUT2D eigenvalue weighted by Gasteiger charge is 2.26. The Bertz CT molecular complexity index is 407. The summed E-state index contributed by atoms with van der Waals surface area (Å²) in [5.74, 6) is 1.69. The van der Waals surface area contributed by atoms with Crippen molar-refractivity contribution in [3.05, 3.63) is 28.8 Å². The molecular formula is C15H22ClNO. The number of aromatic hydroxyl groups is 1. The number of halogens is 1. The van der Waals surface area contributed by atoms with E-state index in [9.17, 15) is 5.11 Å². The SMILES string of the molecule is CC1CCCC(NCc2cccc(Cl)c2O)C1C. The minimum atomic E-state index is 0.211. The standard InChI is InChI=1S/C15H22ClNO/c1-10-5-3-8-14(11(10)2)17-9-12-6-4-7-13(16)15(12)18/h4,6-7,10-11,14,17-18H,3,5,8-9H2,1-2H3. The first kappa shape index (κ1) is 13.7. The molecule has 2 N–H and O–H groups in total. The number of para-hydroxylation sites is 1. The molecule has 0 aliphatic heterocycles. The Balaban J connectivity index is 1.97. The van der Waals surface area contributed by atoms with Crippen LogP contribution in [-0.2, 0) is 6.54 Å². The summed E-state index contributed by atoms with van der Waals surface area (Å²) in [7, 11) is 0. The summed E-state index contributed by atoms with van der Waals surface area (Å²) in [6.45, 7) is 5.34. The van der Waals surface area contributed by atoms with Crippen molar-refractivity contribution in [1.29, 1.82) is 0 Å². The van der Waals surface area contributed by atoms with Crippen molar-refractivity contribution in [2.45, 2.75) is 45.7 Å². The lowest BCUT2D eigenvalue weighted by molar-refractivity contribution is 0.205. The highest BCUT2D eigenvalue weighted by Crippen LogP contribution is 2.31. The van der Waals surface area contributed by atoms with Gasteiger partial charge in [-0.15, -0.1) is 0 Å². The predicted octanol–water partition coefficient (Wildman–Crippen LogP) is 3.96. The van der Waals surface area contributed by atoms with Crippen molar-refractivity contribution in [2.24, 2.45) is 11.8 Å². The summed E-state index contributed by atoms with van der Waals surface area (Å²) in [4.78, 5) is 0. The Labute approximate surface area is 114 Å². The maximum atomic E-state index is 9.87. The van der Waals surface area contributed by atoms with Crippen molar-refractivity contribution in [3.63, 3.8) is 0 Å². The second-order valence-corrected chi connectivity index (χ2v) is 5.91. The van der Waals surface area contributed by atoms with Crippen LogP contribution in [0.25, 0.3) is 0 Å². The lowest BCUT2D eigenvalue weighted by Gasteiger charge is -2.34. The first-order valence-electron chi connectivity index (χ1n) is 6.79. The fraction of sp³-hybridized carbons (Fsp3) is 0.600. The molecule has 3 unspecified atom stereocenters. The van der Waals surface area contributed by atoms with Gasteiger partial charge in [-0.05, 0) is 24.3 Å². The molecule has 0 amide bonds. The number of benzene rings is 1. The monoisotopic (exact) mass is 267 g/mol. The van der Waals surface area contributed by atoms with Crippen LogP contribution in [0, 0.1) is 11.8 Å². The van der Waals surface area contributed by atoms with Crippen LogP contribution in [0.3, 0.4) is 0 Å². The van der Waals surface area contributed by atoms with E-state index < -0.39 is 0 Å². The van der Waals surface area contributed by atoms with E-state index >= 15 is 0 Å². The molecule has 0 saturated heterocycles. The number of hydrogen-bond donors (Lipinski definition) is 2. The molecule has 3 atom stereocenters. The van der Waals surface area contributed by atoms with Crippen molar-refractivity contribution < 1.29 is 5.11 Å². The second kappa shape index (κ2) is 5.94. The molecule has 1 fully saturated rings. The van der Waals surface area contributed by atoms with E-state index in [2.05, 4.69) is 19.2 Å². The smallest absolute Gasteiger partial charge is 0.138 e. The van der Waals surface area contributed by atoms with Gasteiger partial charge in [0.15, 0.2) is 0 Å². The van der Waals surface area contributed by atoms with Crippen molar-refractivity contribution in [2.75, 3.05) is 0 Å². The van der Waals surface area contributed by atoms with Crippen LogP contribution in [0.5, 0.6) is 5.75 Å². The van der Waals surface area contributed by atoms with Crippen molar-refractivity contribution in [3.8, 4) is 5.75 Å². The Hall–Kier alpha value is -0.730. The molecule has 1 aliphatic rings. The average Bonchev–Trinajstić information content (AvgIpc) is 2.36. The zero-order valence-electron chi connectivity index (χ0n) is 11.1. The molecule has 1 aliphatic carbocycles. The quantitative estimate of drug-likeness (QED) is 0.869. The molecule has 0 radical (unpaired) electrons. The Morgan fingerprint density at radius 3 is 2.89 bits per heavy atom. The average molecular weight is 268 g/mol. The second-order valence-electron chi connectivity index (χ2n) is 5.50. The minimum absolute atomic E-state index is 0.211. The highest BCUT2D eigenvalue weighted by molar-refractivity contribution is 6.32. The van der Waals surface area contributed by atoms with Gasteiger partial charge >= 0.3 is 0 Å². The van der Waals surface area contributed by atoms with Gasteiger partial charge < -0.3 is 10.4 Å². The normalized spacial score (nSPS) is 28.3. The Morgan fingerprint density at radius 2 is 2.11 bits per heavy atom. The van der Waals surface area contributed by atoms with Gasteiger partial charge in [0.05, 0.1) is 5.02 Å². The maximum Gasteiger partial charge on any atom is 0.138 e. The first-order valence-corrected chi connectivity index (χ1v) is 7.17. The molecule has 100 valence electrons. The molecule has 18 heavy (non-hydrogen) atoms. The summed E-state index contributed by atoms with van der Waals surface area (Å²) >= 11 is 5.91. The summed E-state index contributed by atoms with van der Waals surface area (Å²) < 4.78 is 0. The zero-order valence-corrected chi connectivity index (χ0v) is 11.9. The minimum Gasteiger partial charge on any atom is -0.506 e. The van der Waals surface area contributed by atoms with E-state index in [1.807, 2.05) is 12.1 Å². The van der Waals surface area contributed by atoms with Gasteiger partial charge in [-0.2, -0.15) is 0 Å². The van der Waals surface area contributed by atoms with Crippen LogP contribution >= 0.6 is 11.6 Å². The van der Waals surface area contributed by atoms with Crippen LogP contribution in [0.2, 0.25) is 5.02 Å². The first-order chi connectivity index (χ1) is 8.59. The zero-order chi connectivity index (χ0) is 13.1. The molecular weight excluding hydrogens is 246 g/mol. The third-order valence-corrected chi connectivity index (χ3v) is 4.64. The Morgan fingerprint density at radius 1 is 1.33 bits per heavy atom. The molecule has 0 bridgehead atoms. The van der Waals surface area contributed by atoms with Crippen molar-refractivity contribution >= 4 is 11.6 Å². The van der Waals surface area contributed by atoms with Gasteiger partial charge in [0.25, 0.3) is 0 Å². The van der Waals surface area contributed by atoms with Crippen LogP contribution in [-0.4, -0.2) is 11.1 Å². The molecule has 2 rings (SSSR count). The fourth-order valence-electron chi connectivity index (χ4n) is 2.81. The fourth-order valence-corrected chi connectivity index (χ4v) is 3.01. The van der Waals surface area contributed by atoms with Crippen LogP contribution < -0.4 is 5.32 Å². The Kier molecular flexibility index (Phi) is 4.52. The van der Waals surface area contributed by atoms with Gasteiger partial charge in [0.2, 0.25) is 0 Å². The van der Waals surface area contributed by atoms with E-state index in [0.717, 1.165) is 11.5 Å². The lowest BCUT2D eigenvalue weighted by atomic mass is 9.78. The van der Waals surface area contributed by atoms with Crippen LogP contribution in [0.4, 0.5) is 0 Å². The largest absolute Gasteiger partial charge is 0.506 e. The number of phenols is 1. The molecule has 2 nitrogen and oxygen atoms in total. The van der Waals surface area contributed by atoms with Gasteiger partial charge in [-0.1, -0.05) is 50.4 Å². The van der Waals surface area contributed by atoms with Gasteiger partial charge in [0.1, 0.15) is 5.75 Å². The third-order valence-electron chi connectivity index (χ3n) is 4.33. The lowest BCUT2D eigenvalue weighted by Crippen LogP contribution is -2.40. The predicted molar refractivity (Wildman–Crippen MR) is 75.9 cm³/mol. The van der Waals surface area contributed by atoms with Gasteiger partial charge in [0, 0.05) is 18.2 Å². The summed E-state index contributed by atoms with van der Waals surface area (Å²) in [5, 5.41) is 13.9. The topological polar surface area (TPSA) is 32.3 Å². The van der Waals surface area contributed by atoms with E-state index in [1.165, 1.54) is 19.3 Å². The number of nitrogens with one attached hydrogen (secondary N) is 1. The molecule has 1 aromatic carbocycles.